The van der Waals surface area contributed by atoms with Gasteiger partial charge in [-0.1, -0.05) is 11.6 Å². The molecule has 4 heteroatoms. The van der Waals surface area contributed by atoms with Gasteiger partial charge in [0, 0.05) is 12.5 Å². The molecule has 1 aliphatic carbocycles. The van der Waals surface area contributed by atoms with E-state index in [0.29, 0.717) is 18.2 Å². The molecule has 0 radical (unpaired) electrons. The quantitative estimate of drug-likeness (QED) is 0.658. The highest BCUT2D eigenvalue weighted by molar-refractivity contribution is 5.74. The SMILES string of the molecule is CCn1nnc(C2CCC2)c1C=O. The highest BCUT2D eigenvalue weighted by Crippen LogP contribution is 2.36. The van der Waals surface area contributed by atoms with Crippen LogP contribution >= 0.6 is 0 Å². The van der Waals surface area contributed by atoms with Crippen molar-refractivity contribution >= 4 is 6.29 Å². The number of aryl methyl sites for hydroxylation is 1. The summed E-state index contributed by atoms with van der Waals surface area (Å²) in [6.07, 6.45) is 4.44. The van der Waals surface area contributed by atoms with Gasteiger partial charge in [0.2, 0.25) is 0 Å². The number of carbonyl (C=O) groups is 1. The van der Waals surface area contributed by atoms with E-state index in [-0.39, 0.29) is 0 Å². The fourth-order valence-corrected chi connectivity index (χ4v) is 1.66. The number of hydrogen-bond donors (Lipinski definition) is 0. The van der Waals surface area contributed by atoms with Crippen molar-refractivity contribution in [2.45, 2.75) is 38.6 Å². The zero-order valence-corrected chi connectivity index (χ0v) is 7.73. The second-order valence-electron chi connectivity index (χ2n) is 3.42. The van der Waals surface area contributed by atoms with Crippen LogP contribution in [0.2, 0.25) is 0 Å². The summed E-state index contributed by atoms with van der Waals surface area (Å²) in [5, 5.41) is 8.01. The molecule has 0 atom stereocenters. The van der Waals surface area contributed by atoms with Gasteiger partial charge in [-0.3, -0.25) is 4.79 Å². The third-order valence-electron chi connectivity index (χ3n) is 2.70. The second-order valence-corrected chi connectivity index (χ2v) is 3.42. The minimum absolute atomic E-state index is 0.487. The molecule has 0 N–H and O–H groups in total. The molecule has 0 aliphatic heterocycles. The molecule has 0 bridgehead atoms. The first kappa shape index (κ1) is 8.41. The molecule has 1 fully saturated rings. The molecule has 0 amide bonds. The third kappa shape index (κ3) is 1.26. The number of carbonyl (C=O) groups excluding carboxylic acids is 1. The van der Waals surface area contributed by atoms with Crippen LogP contribution in [0.3, 0.4) is 0 Å². The molecular weight excluding hydrogens is 166 g/mol. The lowest BCUT2D eigenvalue weighted by Crippen LogP contribution is -2.12. The summed E-state index contributed by atoms with van der Waals surface area (Å²) in [5.74, 6) is 0.487. The van der Waals surface area contributed by atoms with Crippen LogP contribution in [-0.2, 0) is 6.54 Å². The predicted octanol–water partition coefficient (Wildman–Crippen LogP) is 1.38. The molecule has 4 nitrogen and oxygen atoms in total. The molecule has 1 aliphatic rings. The summed E-state index contributed by atoms with van der Waals surface area (Å²) in [4.78, 5) is 10.8. The van der Waals surface area contributed by atoms with E-state index in [9.17, 15) is 4.79 Å². The molecule has 0 unspecified atom stereocenters. The van der Waals surface area contributed by atoms with E-state index < -0.39 is 0 Å². The summed E-state index contributed by atoms with van der Waals surface area (Å²) < 4.78 is 1.67. The first-order valence-corrected chi connectivity index (χ1v) is 4.75. The van der Waals surface area contributed by atoms with Crippen molar-refractivity contribution in [2.75, 3.05) is 0 Å². The fraction of sp³-hybridized carbons (Fsp3) is 0.667. The van der Waals surface area contributed by atoms with E-state index >= 15 is 0 Å². The third-order valence-corrected chi connectivity index (χ3v) is 2.70. The van der Waals surface area contributed by atoms with Gasteiger partial charge in [0.1, 0.15) is 5.69 Å². The Labute approximate surface area is 76.9 Å². The van der Waals surface area contributed by atoms with Gasteiger partial charge in [-0.15, -0.1) is 5.10 Å². The molecule has 70 valence electrons. The normalized spacial score (nSPS) is 17.0. The highest BCUT2D eigenvalue weighted by atomic mass is 16.1. The van der Waals surface area contributed by atoms with Crippen molar-refractivity contribution in [1.82, 2.24) is 15.0 Å². The van der Waals surface area contributed by atoms with Gasteiger partial charge in [-0.2, -0.15) is 0 Å². The monoisotopic (exact) mass is 179 g/mol. The number of aldehydes is 1. The average molecular weight is 179 g/mol. The zero-order valence-electron chi connectivity index (χ0n) is 7.73. The topological polar surface area (TPSA) is 47.8 Å². The Kier molecular flexibility index (Phi) is 2.12. The molecule has 0 saturated heterocycles. The summed E-state index contributed by atoms with van der Waals surface area (Å²) in [7, 11) is 0. The fourth-order valence-electron chi connectivity index (χ4n) is 1.66. The summed E-state index contributed by atoms with van der Waals surface area (Å²) in [6, 6.07) is 0. The lowest BCUT2D eigenvalue weighted by Gasteiger charge is -2.23. The molecule has 0 aromatic carbocycles. The highest BCUT2D eigenvalue weighted by Gasteiger charge is 2.26. The van der Waals surface area contributed by atoms with Crippen LogP contribution in [-0.4, -0.2) is 21.3 Å². The molecule has 0 spiro atoms. The van der Waals surface area contributed by atoms with Crippen molar-refractivity contribution in [3.8, 4) is 0 Å². The van der Waals surface area contributed by atoms with Crippen molar-refractivity contribution < 1.29 is 4.79 Å². The Balaban J connectivity index is 2.33. The van der Waals surface area contributed by atoms with Gasteiger partial charge in [0.05, 0.1) is 5.69 Å². The van der Waals surface area contributed by atoms with Crippen LogP contribution in [0.15, 0.2) is 0 Å². The molecule has 1 heterocycles. The van der Waals surface area contributed by atoms with Gasteiger partial charge < -0.3 is 0 Å². The van der Waals surface area contributed by atoms with Gasteiger partial charge in [0.15, 0.2) is 6.29 Å². The minimum atomic E-state index is 0.487. The van der Waals surface area contributed by atoms with E-state index in [1.165, 1.54) is 6.42 Å². The van der Waals surface area contributed by atoms with Crippen LogP contribution in [0.1, 0.15) is 48.3 Å². The van der Waals surface area contributed by atoms with E-state index in [2.05, 4.69) is 10.3 Å². The van der Waals surface area contributed by atoms with Gasteiger partial charge in [0.25, 0.3) is 0 Å². The van der Waals surface area contributed by atoms with Crippen LogP contribution in [0.25, 0.3) is 0 Å². The van der Waals surface area contributed by atoms with Crippen molar-refractivity contribution in [2.24, 2.45) is 0 Å². The Hall–Kier alpha value is -1.19. The second kappa shape index (κ2) is 3.28. The standard InChI is InChI=1S/C9H13N3O/c1-2-12-8(6-13)9(10-11-12)7-4-3-5-7/h6-7H,2-5H2,1H3. The summed E-state index contributed by atoms with van der Waals surface area (Å²) in [6.45, 7) is 2.68. The lowest BCUT2D eigenvalue weighted by molar-refractivity contribution is 0.111. The maximum absolute atomic E-state index is 10.8. The Morgan fingerprint density at radius 2 is 2.38 bits per heavy atom. The van der Waals surface area contributed by atoms with Gasteiger partial charge >= 0.3 is 0 Å². The molecule has 1 saturated carbocycles. The van der Waals surface area contributed by atoms with Crippen molar-refractivity contribution in [3.63, 3.8) is 0 Å². The largest absolute Gasteiger partial charge is 0.296 e. The number of rotatable bonds is 3. The first-order chi connectivity index (χ1) is 6.36. The maximum atomic E-state index is 10.8. The Bertz CT molecular complexity index is 315. The lowest BCUT2D eigenvalue weighted by atomic mass is 9.82. The van der Waals surface area contributed by atoms with Gasteiger partial charge in [-0.25, -0.2) is 4.68 Å². The summed E-state index contributed by atoms with van der Waals surface area (Å²) in [5.41, 5.74) is 1.58. The molecule has 1 aromatic heterocycles. The molecule has 2 rings (SSSR count). The van der Waals surface area contributed by atoms with Crippen LogP contribution < -0.4 is 0 Å². The van der Waals surface area contributed by atoms with E-state index in [1.807, 2.05) is 6.92 Å². The van der Waals surface area contributed by atoms with E-state index in [0.717, 1.165) is 24.8 Å². The smallest absolute Gasteiger partial charge is 0.170 e. The number of nitrogens with zero attached hydrogens (tertiary/aromatic N) is 3. The first-order valence-electron chi connectivity index (χ1n) is 4.75. The molecule has 1 aromatic rings. The Morgan fingerprint density at radius 1 is 1.62 bits per heavy atom. The summed E-state index contributed by atoms with van der Waals surface area (Å²) >= 11 is 0. The maximum Gasteiger partial charge on any atom is 0.170 e. The average Bonchev–Trinajstić information content (AvgIpc) is 2.44. The van der Waals surface area contributed by atoms with Crippen LogP contribution in [0.4, 0.5) is 0 Å². The van der Waals surface area contributed by atoms with E-state index in [4.69, 9.17) is 0 Å². The Morgan fingerprint density at radius 3 is 2.85 bits per heavy atom. The van der Waals surface area contributed by atoms with E-state index in [1.54, 1.807) is 4.68 Å². The van der Waals surface area contributed by atoms with Crippen LogP contribution in [0.5, 0.6) is 0 Å². The molecular formula is C9H13N3O. The predicted molar refractivity (Wildman–Crippen MR) is 47.7 cm³/mol. The van der Waals surface area contributed by atoms with Crippen LogP contribution in [0, 0.1) is 0 Å². The zero-order chi connectivity index (χ0) is 9.26. The minimum Gasteiger partial charge on any atom is -0.296 e. The number of hydrogen-bond acceptors (Lipinski definition) is 3. The van der Waals surface area contributed by atoms with Crippen molar-refractivity contribution in [3.05, 3.63) is 11.4 Å². The van der Waals surface area contributed by atoms with Crippen molar-refractivity contribution in [1.29, 1.82) is 0 Å². The number of aromatic nitrogens is 3. The molecule has 13 heavy (non-hydrogen) atoms. The van der Waals surface area contributed by atoms with Gasteiger partial charge in [-0.05, 0) is 19.8 Å².